The lowest BCUT2D eigenvalue weighted by atomic mass is 9.96. The van der Waals surface area contributed by atoms with Crippen molar-refractivity contribution >= 4 is 16.8 Å². The molecule has 7 nitrogen and oxygen atoms in total. The Morgan fingerprint density at radius 1 is 1.12 bits per heavy atom. The number of rotatable bonds is 6. The highest BCUT2D eigenvalue weighted by atomic mass is 16.5. The van der Waals surface area contributed by atoms with E-state index in [4.69, 9.17) is 4.74 Å². The Morgan fingerprint density at radius 3 is 2.71 bits per heavy atom. The molecule has 7 heteroatoms. The maximum Gasteiger partial charge on any atom is 0.251 e. The minimum Gasteiger partial charge on any atom is -0.457 e. The Balaban J connectivity index is 1.36. The molecule has 0 unspecified atom stereocenters. The van der Waals surface area contributed by atoms with E-state index in [0.29, 0.717) is 11.8 Å². The molecular formula is C27H29N5O2. The smallest absolute Gasteiger partial charge is 0.251 e. The van der Waals surface area contributed by atoms with Crippen molar-refractivity contribution in [2.75, 3.05) is 13.6 Å². The Labute approximate surface area is 199 Å². The van der Waals surface area contributed by atoms with E-state index in [-0.39, 0.29) is 11.9 Å². The highest BCUT2D eigenvalue weighted by Gasteiger charge is 2.33. The van der Waals surface area contributed by atoms with Gasteiger partial charge in [0.25, 0.3) is 5.91 Å². The average Bonchev–Trinajstić information content (AvgIpc) is 3.23. The van der Waals surface area contributed by atoms with Crippen LogP contribution >= 0.6 is 0 Å². The molecule has 1 aliphatic rings. The van der Waals surface area contributed by atoms with Gasteiger partial charge in [-0.05, 0) is 56.3 Å². The number of hydrogen-bond acceptors (Lipinski definition) is 5. The van der Waals surface area contributed by atoms with Crippen LogP contribution in [0.1, 0.15) is 29.8 Å². The lowest BCUT2D eigenvalue weighted by Gasteiger charge is -2.44. The largest absolute Gasteiger partial charge is 0.457 e. The van der Waals surface area contributed by atoms with Gasteiger partial charge in [0.05, 0.1) is 23.4 Å². The van der Waals surface area contributed by atoms with E-state index in [1.54, 1.807) is 6.20 Å². The van der Waals surface area contributed by atoms with E-state index < -0.39 is 0 Å². The van der Waals surface area contributed by atoms with Crippen LogP contribution in [0.25, 0.3) is 22.2 Å². The number of likely N-dealkylation sites (N-methyl/N-ethyl adjacent to an activating group) is 1. The van der Waals surface area contributed by atoms with Crippen LogP contribution in [-0.2, 0) is 13.5 Å². The van der Waals surface area contributed by atoms with Crippen molar-refractivity contribution < 1.29 is 9.53 Å². The molecule has 1 aliphatic heterocycles. The van der Waals surface area contributed by atoms with Gasteiger partial charge >= 0.3 is 0 Å². The van der Waals surface area contributed by atoms with Crippen LogP contribution in [0.3, 0.4) is 0 Å². The number of carbonyl (C=O) groups is 1. The molecule has 5 rings (SSSR count). The summed E-state index contributed by atoms with van der Waals surface area (Å²) in [6, 6.07) is 16.2. The lowest BCUT2D eigenvalue weighted by Crippen LogP contribution is -2.63. The van der Waals surface area contributed by atoms with Gasteiger partial charge in [-0.2, -0.15) is 5.10 Å². The van der Waals surface area contributed by atoms with E-state index in [0.717, 1.165) is 52.0 Å². The number of carbonyl (C=O) groups excluding carboxylic acids is 1. The van der Waals surface area contributed by atoms with Crippen LogP contribution in [-0.4, -0.2) is 51.2 Å². The summed E-state index contributed by atoms with van der Waals surface area (Å²) < 4.78 is 7.95. The molecule has 1 amide bonds. The number of hydrogen-bond donors (Lipinski definition) is 1. The molecule has 1 fully saturated rings. The number of nitrogens with zero attached hydrogens (tertiary/aromatic N) is 4. The van der Waals surface area contributed by atoms with E-state index in [1.165, 1.54) is 0 Å². The summed E-state index contributed by atoms with van der Waals surface area (Å²) in [7, 11) is 3.98. The molecule has 2 atom stereocenters. The summed E-state index contributed by atoms with van der Waals surface area (Å²) in [5.41, 5.74) is 4.50. The zero-order valence-corrected chi connectivity index (χ0v) is 19.9. The van der Waals surface area contributed by atoms with Gasteiger partial charge in [-0.15, -0.1) is 0 Å². The standard InChI is InChI=1S/C27H29N5O2/c1-5-18-12-19(7-9-23(18)27(33)30-25-16-31(3)17(25)2)24-13-22(10-11-28-24)34-21-8-6-20-15-29-32(4)26(20)14-21/h6-15,17,25H,5,16H2,1-4H3,(H,30,33)/t17-,25-/m1/s1. The summed E-state index contributed by atoms with van der Waals surface area (Å²) in [6.07, 6.45) is 4.34. The topological polar surface area (TPSA) is 72.3 Å². The molecule has 0 saturated carbocycles. The molecule has 0 spiro atoms. The van der Waals surface area contributed by atoms with Gasteiger partial charge in [0, 0.05) is 54.5 Å². The number of likely N-dealkylation sites (tertiary alicyclic amines) is 1. The number of aryl methyl sites for hydroxylation is 2. The molecule has 0 aliphatic carbocycles. The van der Waals surface area contributed by atoms with Crippen molar-refractivity contribution in [2.24, 2.45) is 7.05 Å². The molecule has 0 bridgehead atoms. The third kappa shape index (κ3) is 4.15. The number of benzene rings is 2. The molecule has 34 heavy (non-hydrogen) atoms. The first-order valence-corrected chi connectivity index (χ1v) is 11.6. The first kappa shape index (κ1) is 22.1. The normalized spacial score (nSPS) is 18.0. The Hall–Kier alpha value is -3.71. The molecule has 1 saturated heterocycles. The van der Waals surface area contributed by atoms with Crippen LogP contribution < -0.4 is 10.1 Å². The van der Waals surface area contributed by atoms with E-state index >= 15 is 0 Å². The molecule has 0 radical (unpaired) electrons. The van der Waals surface area contributed by atoms with Crippen molar-refractivity contribution in [3.8, 4) is 22.8 Å². The summed E-state index contributed by atoms with van der Waals surface area (Å²) >= 11 is 0. The fourth-order valence-corrected chi connectivity index (χ4v) is 4.43. The van der Waals surface area contributed by atoms with Crippen LogP contribution in [0.2, 0.25) is 0 Å². The fourth-order valence-electron chi connectivity index (χ4n) is 4.43. The Kier molecular flexibility index (Phi) is 5.79. The number of amides is 1. The number of ether oxygens (including phenoxy) is 1. The van der Waals surface area contributed by atoms with Gasteiger partial charge in [0.15, 0.2) is 0 Å². The number of pyridine rings is 1. The van der Waals surface area contributed by atoms with E-state index in [1.807, 2.05) is 60.4 Å². The second-order valence-corrected chi connectivity index (χ2v) is 8.95. The predicted molar refractivity (Wildman–Crippen MR) is 133 cm³/mol. The van der Waals surface area contributed by atoms with E-state index in [2.05, 4.69) is 47.3 Å². The SMILES string of the molecule is CCc1cc(-c2cc(Oc3ccc4cnn(C)c4c3)ccn2)ccc1C(=O)N[C@@H]1CN(C)[C@@H]1C. The van der Waals surface area contributed by atoms with Crippen molar-refractivity contribution in [1.82, 2.24) is 25.0 Å². The monoisotopic (exact) mass is 455 g/mol. The first-order valence-electron chi connectivity index (χ1n) is 11.6. The third-order valence-electron chi connectivity index (χ3n) is 6.79. The van der Waals surface area contributed by atoms with E-state index in [9.17, 15) is 4.79 Å². The Bertz CT molecular complexity index is 1360. The minimum absolute atomic E-state index is 0.0102. The second-order valence-electron chi connectivity index (χ2n) is 8.95. The highest BCUT2D eigenvalue weighted by molar-refractivity contribution is 5.96. The predicted octanol–water partition coefficient (Wildman–Crippen LogP) is 4.42. The quantitative estimate of drug-likeness (QED) is 0.466. The number of fused-ring (bicyclic) bond motifs is 1. The lowest BCUT2D eigenvalue weighted by molar-refractivity contribution is 0.0661. The van der Waals surface area contributed by atoms with Crippen molar-refractivity contribution in [2.45, 2.75) is 32.4 Å². The number of aromatic nitrogens is 3. The molecule has 4 aromatic rings. The Morgan fingerprint density at radius 2 is 1.94 bits per heavy atom. The summed E-state index contributed by atoms with van der Waals surface area (Å²) in [5, 5.41) is 8.53. The number of nitrogens with one attached hydrogen (secondary N) is 1. The van der Waals surface area contributed by atoms with Crippen LogP contribution in [0.4, 0.5) is 0 Å². The molecule has 1 N–H and O–H groups in total. The van der Waals surface area contributed by atoms with Crippen LogP contribution in [0.5, 0.6) is 11.5 Å². The average molecular weight is 456 g/mol. The van der Waals surface area contributed by atoms with Gasteiger partial charge in [0.1, 0.15) is 11.5 Å². The van der Waals surface area contributed by atoms with Gasteiger partial charge in [0.2, 0.25) is 0 Å². The van der Waals surface area contributed by atoms with Crippen molar-refractivity contribution in [3.63, 3.8) is 0 Å². The molecule has 2 aromatic carbocycles. The highest BCUT2D eigenvalue weighted by Crippen LogP contribution is 2.29. The maximum absolute atomic E-state index is 12.9. The van der Waals surface area contributed by atoms with Gasteiger partial charge in [-0.3, -0.25) is 19.4 Å². The fraction of sp³-hybridized carbons (Fsp3) is 0.296. The molecule has 2 aromatic heterocycles. The molecule has 3 heterocycles. The molecule has 174 valence electrons. The van der Waals surface area contributed by atoms with Crippen molar-refractivity contribution in [1.29, 1.82) is 0 Å². The zero-order chi connectivity index (χ0) is 23.8. The summed E-state index contributed by atoms with van der Waals surface area (Å²) in [5.74, 6) is 1.43. The van der Waals surface area contributed by atoms with Crippen molar-refractivity contribution in [3.05, 3.63) is 72.1 Å². The third-order valence-corrected chi connectivity index (χ3v) is 6.79. The zero-order valence-electron chi connectivity index (χ0n) is 19.9. The van der Waals surface area contributed by atoms with Crippen LogP contribution in [0, 0.1) is 0 Å². The second kappa shape index (κ2) is 8.91. The van der Waals surface area contributed by atoms with Gasteiger partial charge in [-0.1, -0.05) is 13.0 Å². The first-order chi connectivity index (χ1) is 16.4. The summed E-state index contributed by atoms with van der Waals surface area (Å²) in [4.78, 5) is 19.7. The summed E-state index contributed by atoms with van der Waals surface area (Å²) in [6.45, 7) is 5.09. The van der Waals surface area contributed by atoms with Gasteiger partial charge in [-0.25, -0.2) is 0 Å². The molecular weight excluding hydrogens is 426 g/mol. The van der Waals surface area contributed by atoms with Gasteiger partial charge < -0.3 is 10.1 Å². The maximum atomic E-state index is 12.9. The van der Waals surface area contributed by atoms with Crippen LogP contribution in [0.15, 0.2) is 60.9 Å². The minimum atomic E-state index is -0.0102.